The van der Waals surface area contributed by atoms with Crippen LogP contribution in [0.15, 0.2) is 28.7 Å². The number of hydrogen-bond donors (Lipinski definition) is 0. The molecule has 1 aliphatic rings. The molecule has 2 aromatic rings. The first-order valence-corrected chi connectivity index (χ1v) is 7.28. The van der Waals surface area contributed by atoms with Crippen molar-refractivity contribution < 1.29 is 22.7 Å². The molecule has 0 aliphatic carbocycles. The van der Waals surface area contributed by atoms with Crippen LogP contribution in [0.2, 0.25) is 0 Å². The zero-order valence-electron chi connectivity index (χ0n) is 12.6. The Morgan fingerprint density at radius 2 is 2.26 bits per heavy atom. The van der Waals surface area contributed by atoms with E-state index in [0.717, 1.165) is 12.1 Å². The van der Waals surface area contributed by atoms with Crippen LogP contribution in [0.5, 0.6) is 5.75 Å². The summed E-state index contributed by atoms with van der Waals surface area (Å²) >= 11 is 0. The summed E-state index contributed by atoms with van der Waals surface area (Å²) in [6, 6.07) is 6.59. The Morgan fingerprint density at radius 3 is 3.00 bits per heavy atom. The Kier molecular flexibility index (Phi) is 4.82. The lowest BCUT2D eigenvalue weighted by Crippen LogP contribution is -2.37. The van der Waals surface area contributed by atoms with E-state index in [1.165, 1.54) is 6.07 Å². The Bertz CT molecular complexity index is 650. The molecular formula is C15H17F2N3O3. The maximum Gasteiger partial charge on any atom is 0.387 e. The van der Waals surface area contributed by atoms with Crippen molar-refractivity contribution in [3.05, 3.63) is 41.6 Å². The van der Waals surface area contributed by atoms with Gasteiger partial charge in [0.05, 0.1) is 19.3 Å². The molecule has 1 saturated heterocycles. The Balaban J connectivity index is 1.66. The van der Waals surface area contributed by atoms with Crippen LogP contribution >= 0.6 is 0 Å². The zero-order chi connectivity index (χ0) is 16.2. The molecule has 1 fully saturated rings. The van der Waals surface area contributed by atoms with Crippen LogP contribution in [0.4, 0.5) is 8.78 Å². The molecule has 0 spiro atoms. The maximum absolute atomic E-state index is 12.3. The molecule has 1 aliphatic heterocycles. The number of alkyl halides is 2. The molecule has 0 unspecified atom stereocenters. The van der Waals surface area contributed by atoms with Gasteiger partial charge in [-0.2, -0.15) is 8.78 Å². The van der Waals surface area contributed by atoms with E-state index in [4.69, 9.17) is 9.15 Å². The van der Waals surface area contributed by atoms with Crippen molar-refractivity contribution in [2.24, 2.45) is 0 Å². The van der Waals surface area contributed by atoms with Gasteiger partial charge in [-0.1, -0.05) is 12.1 Å². The molecule has 8 heteroatoms. The molecule has 0 N–H and O–H groups in total. The molecule has 0 saturated carbocycles. The first kappa shape index (κ1) is 15.8. The summed E-state index contributed by atoms with van der Waals surface area (Å²) in [5.74, 6) is 1.21. The zero-order valence-corrected chi connectivity index (χ0v) is 12.6. The standard InChI is InChI=1S/C15H17F2N3O3/c1-10-18-19-14(22-10)9-20-5-6-21-13(8-20)11-3-2-4-12(7-11)23-15(16)17/h2-4,7,13,15H,5-6,8-9H2,1H3/t13-/m0/s1. The molecule has 0 amide bonds. The summed E-state index contributed by atoms with van der Waals surface area (Å²) in [6.07, 6.45) is -0.214. The highest BCUT2D eigenvalue weighted by atomic mass is 19.3. The highest BCUT2D eigenvalue weighted by molar-refractivity contribution is 5.30. The second-order valence-electron chi connectivity index (χ2n) is 5.26. The van der Waals surface area contributed by atoms with Crippen molar-refractivity contribution in [2.45, 2.75) is 26.2 Å². The Morgan fingerprint density at radius 1 is 1.39 bits per heavy atom. The summed E-state index contributed by atoms with van der Waals surface area (Å²) in [5, 5.41) is 7.79. The van der Waals surface area contributed by atoms with E-state index in [-0.39, 0.29) is 11.9 Å². The third kappa shape index (κ3) is 4.23. The molecule has 1 atom stereocenters. The number of ether oxygens (including phenoxy) is 2. The monoisotopic (exact) mass is 325 g/mol. The van der Waals surface area contributed by atoms with Gasteiger partial charge in [0.1, 0.15) is 5.75 Å². The number of aromatic nitrogens is 2. The summed E-state index contributed by atoms with van der Waals surface area (Å²) < 4.78 is 40.2. The lowest BCUT2D eigenvalue weighted by molar-refractivity contribution is -0.0510. The molecule has 1 aromatic heterocycles. The van der Waals surface area contributed by atoms with E-state index in [2.05, 4.69) is 19.8 Å². The lowest BCUT2D eigenvalue weighted by atomic mass is 10.1. The minimum atomic E-state index is -2.84. The molecule has 1 aromatic carbocycles. The fraction of sp³-hybridized carbons (Fsp3) is 0.467. The summed E-state index contributed by atoms with van der Waals surface area (Å²) in [6.45, 7) is 1.33. The fourth-order valence-electron chi connectivity index (χ4n) is 2.53. The maximum atomic E-state index is 12.3. The molecular weight excluding hydrogens is 308 g/mol. The Hall–Kier alpha value is -2.06. The molecule has 0 bridgehead atoms. The van der Waals surface area contributed by atoms with Gasteiger partial charge in [-0.25, -0.2) is 0 Å². The van der Waals surface area contributed by atoms with Gasteiger partial charge in [-0.3, -0.25) is 4.90 Å². The normalized spacial score (nSPS) is 19.2. The summed E-state index contributed by atoms with van der Waals surface area (Å²) in [5.41, 5.74) is 0.801. The predicted octanol–water partition coefficient (Wildman–Crippen LogP) is 2.55. The highest BCUT2D eigenvalue weighted by Gasteiger charge is 2.24. The van der Waals surface area contributed by atoms with Gasteiger partial charge in [0.25, 0.3) is 0 Å². The van der Waals surface area contributed by atoms with Crippen molar-refractivity contribution >= 4 is 0 Å². The smallest absolute Gasteiger partial charge is 0.387 e. The molecule has 23 heavy (non-hydrogen) atoms. The third-order valence-corrected chi connectivity index (χ3v) is 3.53. The molecule has 2 heterocycles. The van der Waals surface area contributed by atoms with Crippen molar-refractivity contribution in [1.29, 1.82) is 0 Å². The Labute approximate surface area is 132 Å². The van der Waals surface area contributed by atoms with Crippen LogP contribution in [-0.2, 0) is 11.3 Å². The van der Waals surface area contributed by atoms with E-state index in [1.807, 2.05) is 6.07 Å². The van der Waals surface area contributed by atoms with E-state index in [0.29, 0.717) is 31.5 Å². The molecule has 0 radical (unpaired) electrons. The van der Waals surface area contributed by atoms with Crippen LogP contribution in [-0.4, -0.2) is 41.4 Å². The number of morpholine rings is 1. The van der Waals surface area contributed by atoms with Crippen molar-refractivity contribution in [3.8, 4) is 5.75 Å². The lowest BCUT2D eigenvalue weighted by Gasteiger charge is -2.32. The first-order valence-electron chi connectivity index (χ1n) is 7.28. The van der Waals surface area contributed by atoms with Crippen LogP contribution < -0.4 is 4.74 Å². The van der Waals surface area contributed by atoms with Gasteiger partial charge >= 0.3 is 6.61 Å². The van der Waals surface area contributed by atoms with Gasteiger partial charge in [-0.05, 0) is 17.7 Å². The van der Waals surface area contributed by atoms with Gasteiger partial charge in [0.2, 0.25) is 11.8 Å². The van der Waals surface area contributed by atoms with Gasteiger partial charge in [0, 0.05) is 20.0 Å². The molecule has 6 nitrogen and oxygen atoms in total. The fourth-order valence-corrected chi connectivity index (χ4v) is 2.53. The quantitative estimate of drug-likeness (QED) is 0.842. The number of rotatable bonds is 5. The second-order valence-corrected chi connectivity index (χ2v) is 5.26. The van der Waals surface area contributed by atoms with Crippen LogP contribution in [0.1, 0.15) is 23.4 Å². The van der Waals surface area contributed by atoms with Crippen molar-refractivity contribution in [1.82, 2.24) is 15.1 Å². The SMILES string of the molecule is Cc1nnc(CN2CCO[C@H](c3cccc(OC(F)F)c3)C2)o1. The number of aryl methyl sites for hydroxylation is 1. The van der Waals surface area contributed by atoms with E-state index in [1.54, 1.807) is 19.1 Å². The minimum Gasteiger partial charge on any atom is -0.435 e. The summed E-state index contributed by atoms with van der Waals surface area (Å²) in [7, 11) is 0. The topological polar surface area (TPSA) is 60.6 Å². The number of benzene rings is 1. The highest BCUT2D eigenvalue weighted by Crippen LogP contribution is 2.26. The van der Waals surface area contributed by atoms with Crippen molar-refractivity contribution in [2.75, 3.05) is 19.7 Å². The first-order chi connectivity index (χ1) is 11.1. The molecule has 124 valence electrons. The van der Waals surface area contributed by atoms with Gasteiger partial charge < -0.3 is 13.9 Å². The van der Waals surface area contributed by atoms with Crippen LogP contribution in [0, 0.1) is 6.92 Å². The largest absolute Gasteiger partial charge is 0.435 e. The van der Waals surface area contributed by atoms with Crippen LogP contribution in [0.3, 0.4) is 0 Å². The molecule has 3 rings (SSSR count). The second kappa shape index (κ2) is 7.01. The van der Waals surface area contributed by atoms with Crippen molar-refractivity contribution in [3.63, 3.8) is 0 Å². The third-order valence-electron chi connectivity index (χ3n) is 3.53. The van der Waals surface area contributed by atoms with Crippen LogP contribution in [0.25, 0.3) is 0 Å². The average molecular weight is 325 g/mol. The van der Waals surface area contributed by atoms with Gasteiger partial charge in [0.15, 0.2) is 0 Å². The van der Waals surface area contributed by atoms with Gasteiger partial charge in [-0.15, -0.1) is 10.2 Å². The minimum absolute atomic E-state index is 0.130. The van der Waals surface area contributed by atoms with E-state index in [9.17, 15) is 8.78 Å². The van der Waals surface area contributed by atoms with E-state index < -0.39 is 6.61 Å². The van der Waals surface area contributed by atoms with E-state index >= 15 is 0 Å². The summed E-state index contributed by atoms with van der Waals surface area (Å²) in [4.78, 5) is 2.13. The number of hydrogen-bond acceptors (Lipinski definition) is 6. The predicted molar refractivity (Wildman–Crippen MR) is 76.1 cm³/mol. The number of halogens is 2. The number of nitrogens with zero attached hydrogens (tertiary/aromatic N) is 3. The average Bonchev–Trinajstić information content (AvgIpc) is 2.92.